The molecule has 3 aromatic carbocycles. The molecule has 244 valence electrons. The molecule has 2 atom stereocenters. The average molecular weight is 669 g/mol. The molecule has 2 aromatic heterocycles. The lowest BCUT2D eigenvalue weighted by Crippen LogP contribution is -2.53. The molecule has 0 N–H and O–H groups in total. The largest absolute Gasteiger partial charge is 0.417 e. The molecule has 11 heteroatoms. The Morgan fingerprint density at radius 3 is 1.98 bits per heavy atom. The van der Waals surface area contributed by atoms with Gasteiger partial charge >= 0.3 is 18.5 Å². The van der Waals surface area contributed by atoms with Gasteiger partial charge in [-0.05, 0) is 59.9 Å². The number of alkyl halides is 9. The predicted octanol–water partition coefficient (Wildman–Crippen LogP) is 10.1. The van der Waals surface area contributed by atoms with Gasteiger partial charge in [0.1, 0.15) is 0 Å². The van der Waals surface area contributed by atoms with Crippen molar-refractivity contribution in [3.8, 4) is 33.6 Å². The smallest absolute Gasteiger partial charge is 0.184 e. The van der Waals surface area contributed by atoms with Crippen LogP contribution in [0.3, 0.4) is 0 Å². The number of pyridine rings is 2. The lowest BCUT2D eigenvalue weighted by Gasteiger charge is -2.29. The Balaban J connectivity index is 1.64. The van der Waals surface area contributed by atoms with E-state index in [-0.39, 0.29) is 18.2 Å². The zero-order chi connectivity index (χ0) is 34.2. The first-order valence-electron chi connectivity index (χ1n) is 15.0. The second-order valence-electron chi connectivity index (χ2n) is 11.9. The zero-order valence-corrected chi connectivity index (χ0v) is 24.9. The van der Waals surface area contributed by atoms with Crippen LogP contribution in [0.15, 0.2) is 110 Å². The Morgan fingerprint density at radius 1 is 0.625 bits per heavy atom. The van der Waals surface area contributed by atoms with E-state index in [1.165, 1.54) is 16.8 Å². The average Bonchev–Trinajstić information content (AvgIpc) is 3.09. The van der Waals surface area contributed by atoms with Crippen molar-refractivity contribution in [2.45, 2.75) is 43.3 Å². The first kappa shape index (κ1) is 31.7. The van der Waals surface area contributed by atoms with Gasteiger partial charge in [-0.1, -0.05) is 48.5 Å². The van der Waals surface area contributed by atoms with Crippen molar-refractivity contribution >= 4 is 5.70 Å². The van der Waals surface area contributed by atoms with Crippen molar-refractivity contribution < 1.29 is 48.6 Å². The summed E-state index contributed by atoms with van der Waals surface area (Å²) in [5, 5.41) is 0. The lowest BCUT2D eigenvalue weighted by atomic mass is 9.78. The molecule has 4 heterocycles. The maximum atomic E-state index is 15.0. The van der Waals surface area contributed by atoms with Crippen LogP contribution in [-0.4, -0.2) is 0 Å². The maximum absolute atomic E-state index is 15.0. The number of allylic oxidation sites excluding steroid dienone is 1. The standard InChI is InChI=1S/C37H25F9N2/c1-21-34-26(24-11-5-6-12-25(24)30-13-7-8-17-48(30)34)14-15-27-28(35(38,39)40)20-29(36(41,42)43)33(37(44,45)46)32(27)31-19-23(16-18-47(21)31)22-9-3-2-4-10-22/h2-13,16-20,26,34H,1,14-15H2/q+2. The summed E-state index contributed by atoms with van der Waals surface area (Å²) < 4.78 is 136. The van der Waals surface area contributed by atoms with Crippen molar-refractivity contribution in [2.75, 3.05) is 0 Å². The summed E-state index contributed by atoms with van der Waals surface area (Å²) in [6.07, 6.45) is -14.4. The quantitative estimate of drug-likeness (QED) is 0.124. The summed E-state index contributed by atoms with van der Waals surface area (Å²) in [4.78, 5) is 0. The molecule has 2 aliphatic heterocycles. The van der Waals surface area contributed by atoms with Gasteiger partial charge in [-0.3, -0.25) is 0 Å². The van der Waals surface area contributed by atoms with Crippen LogP contribution >= 0.6 is 0 Å². The Morgan fingerprint density at radius 2 is 1.29 bits per heavy atom. The van der Waals surface area contributed by atoms with Crippen molar-refractivity contribution in [2.24, 2.45) is 0 Å². The molecule has 2 aliphatic rings. The van der Waals surface area contributed by atoms with Crippen molar-refractivity contribution in [3.63, 3.8) is 0 Å². The van der Waals surface area contributed by atoms with Gasteiger partial charge in [-0.2, -0.15) is 48.6 Å². The van der Waals surface area contributed by atoms with E-state index in [9.17, 15) is 26.3 Å². The molecule has 2 nitrogen and oxygen atoms in total. The highest BCUT2D eigenvalue weighted by Gasteiger charge is 2.53. The van der Waals surface area contributed by atoms with E-state index in [1.807, 2.05) is 28.8 Å². The summed E-state index contributed by atoms with van der Waals surface area (Å²) in [6, 6.07) is 22.7. The number of rotatable bonds is 1. The first-order valence-corrected chi connectivity index (χ1v) is 15.0. The fourth-order valence-electron chi connectivity index (χ4n) is 7.28. The second kappa shape index (κ2) is 11.1. The van der Waals surface area contributed by atoms with Crippen molar-refractivity contribution in [3.05, 3.63) is 138 Å². The molecule has 0 radical (unpaired) electrons. The molecule has 0 spiro atoms. The SMILES string of the molecule is C=C1C2C(CCc3c(C(F)(F)F)cc(C(F)(F)F)c(C(F)(F)F)c3-c3cc(-c4ccccc4)cc[n+]31)c1ccccc1-c1cccc[n+]12. The Labute approximate surface area is 269 Å². The van der Waals surface area contributed by atoms with Gasteiger partial charge in [0.25, 0.3) is 0 Å². The maximum Gasteiger partial charge on any atom is 0.417 e. The van der Waals surface area contributed by atoms with Gasteiger partial charge in [0.2, 0.25) is 23.1 Å². The number of hydrogen-bond donors (Lipinski definition) is 0. The molecule has 0 saturated heterocycles. The van der Waals surface area contributed by atoms with Crippen molar-refractivity contribution in [1.82, 2.24) is 0 Å². The van der Waals surface area contributed by atoms with Crippen molar-refractivity contribution in [1.29, 1.82) is 0 Å². The molecule has 0 bridgehead atoms. The molecule has 2 unspecified atom stereocenters. The molecule has 7 rings (SSSR count). The normalized spacial score (nSPS) is 17.6. The van der Waals surface area contributed by atoms with Gasteiger partial charge < -0.3 is 0 Å². The highest BCUT2D eigenvalue weighted by Crippen LogP contribution is 2.52. The zero-order valence-electron chi connectivity index (χ0n) is 24.9. The Hall–Kier alpha value is -4.93. The van der Waals surface area contributed by atoms with E-state index in [1.54, 1.807) is 60.8 Å². The third kappa shape index (κ3) is 5.16. The number of fused-ring (bicyclic) bond motifs is 9. The molecular weight excluding hydrogens is 643 g/mol. The highest BCUT2D eigenvalue weighted by molar-refractivity contribution is 5.77. The molecule has 5 aromatic rings. The van der Waals surface area contributed by atoms with Gasteiger partial charge in [0, 0.05) is 29.8 Å². The van der Waals surface area contributed by atoms with Gasteiger partial charge in [-0.25, -0.2) is 0 Å². The first-order chi connectivity index (χ1) is 22.7. The summed E-state index contributed by atoms with van der Waals surface area (Å²) in [7, 11) is 0. The van der Waals surface area contributed by atoms with Gasteiger partial charge in [-0.15, -0.1) is 0 Å². The monoisotopic (exact) mass is 668 g/mol. The van der Waals surface area contributed by atoms with Crippen LogP contribution in [0.1, 0.15) is 46.2 Å². The number of hydrogen-bond acceptors (Lipinski definition) is 0. The molecule has 48 heavy (non-hydrogen) atoms. The minimum Gasteiger partial charge on any atom is -0.184 e. The van der Waals surface area contributed by atoms with E-state index in [4.69, 9.17) is 0 Å². The molecular formula is C37H25F9N2+2. The van der Waals surface area contributed by atoms with Crippen LogP contribution in [0, 0.1) is 0 Å². The molecule has 0 fully saturated rings. The molecule has 0 aliphatic carbocycles. The summed E-state index contributed by atoms with van der Waals surface area (Å²) in [5.74, 6) is -0.591. The second-order valence-corrected chi connectivity index (χ2v) is 11.9. The van der Waals surface area contributed by atoms with Crippen LogP contribution in [0.2, 0.25) is 0 Å². The third-order valence-electron chi connectivity index (χ3n) is 9.21. The summed E-state index contributed by atoms with van der Waals surface area (Å²) in [5.41, 5.74) is -5.51. The fraction of sp³-hybridized carbons (Fsp3) is 0.189. The Kier molecular flexibility index (Phi) is 7.30. The lowest BCUT2D eigenvalue weighted by molar-refractivity contribution is -0.727. The minimum absolute atomic E-state index is 0.110. The van der Waals surface area contributed by atoms with E-state index >= 15 is 13.2 Å². The molecule has 0 amide bonds. The number of halogens is 9. The third-order valence-corrected chi connectivity index (χ3v) is 9.21. The van der Waals surface area contributed by atoms with Crippen LogP contribution in [-0.2, 0) is 24.9 Å². The predicted molar refractivity (Wildman–Crippen MR) is 160 cm³/mol. The Bertz CT molecular complexity index is 2080. The number of nitrogens with zero attached hydrogens (tertiary/aromatic N) is 2. The van der Waals surface area contributed by atoms with Crippen LogP contribution < -0.4 is 9.13 Å². The highest BCUT2D eigenvalue weighted by atomic mass is 19.4. The van der Waals surface area contributed by atoms with Gasteiger partial charge in [0.05, 0.1) is 28.2 Å². The number of aromatic nitrogens is 2. The number of benzene rings is 3. The minimum atomic E-state index is -5.75. The van der Waals surface area contributed by atoms with Crippen LogP contribution in [0.5, 0.6) is 0 Å². The van der Waals surface area contributed by atoms with Crippen LogP contribution in [0.25, 0.3) is 39.3 Å². The van der Waals surface area contributed by atoms with E-state index < -0.39 is 70.4 Å². The van der Waals surface area contributed by atoms with E-state index in [2.05, 4.69) is 6.58 Å². The van der Waals surface area contributed by atoms with E-state index in [0.717, 1.165) is 16.8 Å². The fourth-order valence-corrected chi connectivity index (χ4v) is 7.28. The summed E-state index contributed by atoms with van der Waals surface area (Å²) in [6.45, 7) is 4.28. The van der Waals surface area contributed by atoms with Gasteiger partial charge in [0.15, 0.2) is 12.4 Å². The van der Waals surface area contributed by atoms with Crippen LogP contribution in [0.4, 0.5) is 39.5 Å². The topological polar surface area (TPSA) is 7.76 Å². The van der Waals surface area contributed by atoms with E-state index in [0.29, 0.717) is 11.1 Å². The summed E-state index contributed by atoms with van der Waals surface area (Å²) >= 11 is 0. The molecule has 0 saturated carbocycles.